The van der Waals surface area contributed by atoms with Crippen LogP contribution in [0.25, 0.3) is 0 Å². The quantitative estimate of drug-likeness (QED) is 0.848. The van der Waals surface area contributed by atoms with Gasteiger partial charge in [0.05, 0.1) is 18.1 Å². The molecule has 0 unspecified atom stereocenters. The van der Waals surface area contributed by atoms with Crippen molar-refractivity contribution < 1.29 is 9.53 Å². The fourth-order valence-electron chi connectivity index (χ4n) is 2.49. The van der Waals surface area contributed by atoms with Crippen molar-refractivity contribution >= 4 is 17.2 Å². The second kappa shape index (κ2) is 5.38. The van der Waals surface area contributed by atoms with Crippen LogP contribution >= 0.6 is 11.3 Å². The van der Waals surface area contributed by atoms with Crippen molar-refractivity contribution in [2.24, 2.45) is 0 Å². The number of rotatable bonds is 2. The fraction of sp³-hybridized carbons (Fsp3) is 0.615. The number of thiophene rings is 1. The topological polar surface area (TPSA) is 50.4 Å². The van der Waals surface area contributed by atoms with E-state index >= 15 is 0 Å². The minimum absolute atomic E-state index is 0.0723. The maximum Gasteiger partial charge on any atom is 0.261 e. The van der Waals surface area contributed by atoms with Gasteiger partial charge in [0.2, 0.25) is 0 Å². The van der Waals surface area contributed by atoms with Crippen LogP contribution in [0.3, 0.4) is 0 Å². The number of hydrogen-bond acceptors (Lipinski definition) is 4. The zero-order valence-electron chi connectivity index (χ0n) is 10.3. The van der Waals surface area contributed by atoms with Gasteiger partial charge in [-0.1, -0.05) is 0 Å². The van der Waals surface area contributed by atoms with Crippen LogP contribution in [0, 0.1) is 0 Å². The maximum atomic E-state index is 12.2. The minimum Gasteiger partial charge on any atom is -0.376 e. The van der Waals surface area contributed by atoms with Crippen LogP contribution in [0.1, 0.15) is 33.0 Å². The zero-order chi connectivity index (χ0) is 12.4. The average Bonchev–Trinajstić information content (AvgIpc) is 2.84. The molecule has 5 heteroatoms. The van der Waals surface area contributed by atoms with Gasteiger partial charge >= 0.3 is 0 Å². The third-order valence-electron chi connectivity index (χ3n) is 3.48. The summed E-state index contributed by atoms with van der Waals surface area (Å²) in [5.74, 6) is 0.0723. The smallest absolute Gasteiger partial charge is 0.261 e. The number of carbonyl (C=O) groups is 1. The molecule has 1 amide bonds. The highest BCUT2D eigenvalue weighted by Crippen LogP contribution is 2.27. The molecule has 3 rings (SSSR count). The van der Waals surface area contributed by atoms with Gasteiger partial charge < -0.3 is 15.4 Å². The Bertz CT molecular complexity index is 415. The van der Waals surface area contributed by atoms with E-state index in [2.05, 4.69) is 10.6 Å². The number of fused-ring (bicyclic) bond motifs is 1. The van der Waals surface area contributed by atoms with Crippen LogP contribution in [0.5, 0.6) is 0 Å². The van der Waals surface area contributed by atoms with Crippen molar-refractivity contribution in [3.05, 3.63) is 21.4 Å². The molecule has 4 nitrogen and oxygen atoms in total. The first-order valence-electron chi connectivity index (χ1n) is 6.54. The molecular formula is C13H18N2O2S. The molecule has 0 spiro atoms. The largest absolute Gasteiger partial charge is 0.376 e. The number of carbonyl (C=O) groups excluding carboxylic acids is 1. The Balaban J connectivity index is 1.66. The number of ether oxygens (including phenoxy) is 1. The lowest BCUT2D eigenvalue weighted by Crippen LogP contribution is -2.45. The van der Waals surface area contributed by atoms with Gasteiger partial charge in [0, 0.05) is 23.9 Å². The summed E-state index contributed by atoms with van der Waals surface area (Å²) in [4.78, 5) is 14.3. The lowest BCUT2D eigenvalue weighted by Gasteiger charge is -2.23. The molecule has 0 saturated carbocycles. The predicted octanol–water partition coefficient (Wildman–Crippen LogP) is 1.30. The second-order valence-corrected chi connectivity index (χ2v) is 6.02. The number of nitrogens with one attached hydrogen (secondary N) is 2. The normalized spacial score (nSPS) is 23.4. The first-order chi connectivity index (χ1) is 8.83. The summed E-state index contributed by atoms with van der Waals surface area (Å²) in [6, 6.07) is 2.27. The molecule has 18 heavy (non-hydrogen) atoms. The third kappa shape index (κ3) is 2.58. The van der Waals surface area contributed by atoms with Gasteiger partial charge in [0.25, 0.3) is 5.91 Å². The molecule has 1 fully saturated rings. The van der Waals surface area contributed by atoms with Crippen molar-refractivity contribution in [1.82, 2.24) is 10.6 Å². The standard InChI is InChI=1S/C13H18N2O2S/c16-13(15-10-2-1-4-14-7-10)12-6-9-8-17-5-3-11(9)18-12/h6,10,14H,1-5,7-8H2,(H,15,16)/t10-/m0/s1. The molecule has 2 N–H and O–H groups in total. The van der Waals surface area contributed by atoms with Crippen LogP contribution in [0.2, 0.25) is 0 Å². The molecule has 2 aliphatic heterocycles. The third-order valence-corrected chi connectivity index (χ3v) is 4.72. The molecule has 3 heterocycles. The predicted molar refractivity (Wildman–Crippen MR) is 71.0 cm³/mol. The van der Waals surface area contributed by atoms with Crippen LogP contribution in [0.4, 0.5) is 0 Å². The van der Waals surface area contributed by atoms with E-state index in [1.54, 1.807) is 11.3 Å². The molecular weight excluding hydrogens is 248 g/mol. The van der Waals surface area contributed by atoms with Gasteiger partial charge in [-0.15, -0.1) is 11.3 Å². The van der Waals surface area contributed by atoms with Crippen LogP contribution in [0.15, 0.2) is 6.07 Å². The molecule has 0 bridgehead atoms. The molecule has 1 aromatic heterocycles. The summed E-state index contributed by atoms with van der Waals surface area (Å²) in [6.07, 6.45) is 3.16. The van der Waals surface area contributed by atoms with Gasteiger partial charge in [-0.05, 0) is 31.0 Å². The molecule has 2 aliphatic rings. The minimum atomic E-state index is 0.0723. The van der Waals surface area contributed by atoms with E-state index < -0.39 is 0 Å². The van der Waals surface area contributed by atoms with Crippen molar-refractivity contribution in [3.8, 4) is 0 Å². The highest BCUT2D eigenvalue weighted by Gasteiger charge is 2.20. The average molecular weight is 266 g/mol. The molecule has 1 aromatic rings. The fourth-order valence-corrected chi connectivity index (χ4v) is 3.54. The van der Waals surface area contributed by atoms with E-state index in [0.717, 1.165) is 43.8 Å². The van der Waals surface area contributed by atoms with E-state index in [-0.39, 0.29) is 11.9 Å². The Hall–Kier alpha value is -0.910. The molecule has 0 aromatic carbocycles. The maximum absolute atomic E-state index is 12.2. The summed E-state index contributed by atoms with van der Waals surface area (Å²) < 4.78 is 5.40. The van der Waals surface area contributed by atoms with Crippen LogP contribution in [-0.4, -0.2) is 31.6 Å². The van der Waals surface area contributed by atoms with E-state index in [9.17, 15) is 4.79 Å². The molecule has 0 radical (unpaired) electrons. The molecule has 1 saturated heterocycles. The Kier molecular flexibility index (Phi) is 3.63. The van der Waals surface area contributed by atoms with Crippen LogP contribution in [-0.2, 0) is 17.8 Å². The van der Waals surface area contributed by atoms with Crippen molar-refractivity contribution in [2.75, 3.05) is 19.7 Å². The monoisotopic (exact) mass is 266 g/mol. The van der Waals surface area contributed by atoms with Gasteiger partial charge in [0.15, 0.2) is 0 Å². The van der Waals surface area contributed by atoms with Crippen molar-refractivity contribution in [3.63, 3.8) is 0 Å². The van der Waals surface area contributed by atoms with Gasteiger partial charge in [-0.25, -0.2) is 0 Å². The van der Waals surface area contributed by atoms with Crippen molar-refractivity contribution in [2.45, 2.75) is 31.9 Å². The lowest BCUT2D eigenvalue weighted by atomic mass is 10.1. The van der Waals surface area contributed by atoms with Crippen LogP contribution < -0.4 is 10.6 Å². The SMILES string of the molecule is O=C(N[C@H]1CCCNC1)c1cc2c(s1)CCOC2. The number of piperidine rings is 1. The number of hydrogen-bond donors (Lipinski definition) is 2. The molecule has 98 valence electrons. The Morgan fingerprint density at radius 3 is 3.28 bits per heavy atom. The van der Waals surface area contributed by atoms with E-state index in [1.165, 1.54) is 10.4 Å². The summed E-state index contributed by atoms with van der Waals surface area (Å²) in [5.41, 5.74) is 1.19. The summed E-state index contributed by atoms with van der Waals surface area (Å²) in [6.45, 7) is 3.39. The Morgan fingerprint density at radius 1 is 1.56 bits per heavy atom. The van der Waals surface area contributed by atoms with Gasteiger partial charge in [0.1, 0.15) is 0 Å². The highest BCUT2D eigenvalue weighted by atomic mass is 32.1. The summed E-state index contributed by atoms with van der Waals surface area (Å²) in [5, 5.41) is 6.42. The highest BCUT2D eigenvalue weighted by molar-refractivity contribution is 7.14. The second-order valence-electron chi connectivity index (χ2n) is 4.88. The summed E-state index contributed by atoms with van der Waals surface area (Å²) in [7, 11) is 0. The van der Waals surface area contributed by atoms with Gasteiger partial charge in [-0.3, -0.25) is 4.79 Å². The Labute approximate surface area is 111 Å². The van der Waals surface area contributed by atoms with Gasteiger partial charge in [-0.2, -0.15) is 0 Å². The number of amides is 1. The lowest BCUT2D eigenvalue weighted by molar-refractivity contribution is 0.0934. The van der Waals surface area contributed by atoms with Crippen molar-refractivity contribution in [1.29, 1.82) is 0 Å². The first kappa shape index (κ1) is 12.1. The summed E-state index contributed by atoms with van der Waals surface area (Å²) >= 11 is 1.62. The van der Waals surface area contributed by atoms with E-state index in [0.29, 0.717) is 6.61 Å². The van der Waals surface area contributed by atoms with E-state index in [1.807, 2.05) is 6.07 Å². The molecule has 0 aliphatic carbocycles. The first-order valence-corrected chi connectivity index (χ1v) is 7.35. The zero-order valence-corrected chi connectivity index (χ0v) is 11.1. The Morgan fingerprint density at radius 2 is 2.50 bits per heavy atom. The van der Waals surface area contributed by atoms with E-state index in [4.69, 9.17) is 4.74 Å². The molecule has 1 atom stereocenters.